The molecule has 134 valence electrons. The molecule has 1 aliphatic heterocycles. The Hall–Kier alpha value is -2.07. The second-order valence-corrected chi connectivity index (χ2v) is 6.92. The van der Waals surface area contributed by atoms with Crippen molar-refractivity contribution in [1.29, 1.82) is 0 Å². The minimum Gasteiger partial charge on any atom is -0.399 e. The van der Waals surface area contributed by atoms with Crippen molar-refractivity contribution in [3.63, 3.8) is 0 Å². The molecule has 0 unspecified atom stereocenters. The average Bonchev–Trinajstić information content (AvgIpc) is 2.97. The van der Waals surface area contributed by atoms with Gasteiger partial charge in [-0.25, -0.2) is 0 Å². The van der Waals surface area contributed by atoms with E-state index < -0.39 is 30.2 Å². The maximum Gasteiger partial charge on any atom is 0.496 e. The molecule has 0 aromatic carbocycles. The molecular formula is C15H18BF3N4O2. The Labute approximate surface area is 143 Å². The number of nitrogens with zero attached hydrogens (tertiary/aromatic N) is 3. The van der Waals surface area contributed by atoms with Gasteiger partial charge in [0.1, 0.15) is 5.69 Å². The molecule has 2 N–H and O–H groups in total. The molecule has 2 aromatic heterocycles. The minimum absolute atomic E-state index is 0.0628. The van der Waals surface area contributed by atoms with Gasteiger partial charge in [-0.2, -0.15) is 18.0 Å². The first-order valence-corrected chi connectivity index (χ1v) is 7.65. The third-order valence-corrected chi connectivity index (χ3v) is 4.60. The van der Waals surface area contributed by atoms with Crippen molar-refractivity contribution in [3.05, 3.63) is 30.1 Å². The summed E-state index contributed by atoms with van der Waals surface area (Å²) in [6, 6.07) is 4.10. The number of halogens is 3. The zero-order valence-corrected chi connectivity index (χ0v) is 14.3. The zero-order chi connectivity index (χ0) is 18.6. The topological polar surface area (TPSA) is 75.2 Å². The van der Waals surface area contributed by atoms with E-state index in [0.717, 1.165) is 6.07 Å². The zero-order valence-electron chi connectivity index (χ0n) is 14.3. The summed E-state index contributed by atoms with van der Waals surface area (Å²) in [7, 11) is -0.597. The van der Waals surface area contributed by atoms with Gasteiger partial charge in [-0.3, -0.25) is 4.98 Å². The molecule has 0 atom stereocenters. The normalized spacial score (nSPS) is 19.4. The molecule has 3 heterocycles. The highest BCUT2D eigenvalue weighted by Gasteiger charge is 2.51. The van der Waals surface area contributed by atoms with Crippen molar-refractivity contribution >= 4 is 12.6 Å². The highest BCUT2D eigenvalue weighted by molar-refractivity contribution is 6.62. The molecule has 2 aromatic rings. The molecule has 0 saturated carbocycles. The fourth-order valence-electron chi connectivity index (χ4n) is 2.40. The van der Waals surface area contributed by atoms with E-state index in [2.05, 4.69) is 10.1 Å². The van der Waals surface area contributed by atoms with Crippen LogP contribution in [0.5, 0.6) is 0 Å². The summed E-state index contributed by atoms with van der Waals surface area (Å²) in [5.74, 6) is 5.52. The molecule has 3 rings (SSSR count). The maximum absolute atomic E-state index is 12.7. The lowest BCUT2D eigenvalue weighted by Gasteiger charge is -2.32. The maximum atomic E-state index is 12.7. The molecule has 0 bridgehead atoms. The van der Waals surface area contributed by atoms with Crippen LogP contribution in [0, 0.1) is 0 Å². The highest BCUT2D eigenvalue weighted by atomic mass is 19.4. The standard InChI is InChI=1S/C15H18BF3N4O2/c1-13(2)14(3,4)25-16(24-13)9-5-6-10(21-8-9)11-7-12(15(17,18)19)22-23(11)20/h5-8H,20H2,1-4H3. The average molecular weight is 354 g/mol. The van der Waals surface area contributed by atoms with Crippen molar-refractivity contribution in [3.8, 4) is 11.4 Å². The largest absolute Gasteiger partial charge is 0.496 e. The molecule has 6 nitrogen and oxygen atoms in total. The Morgan fingerprint density at radius 2 is 1.72 bits per heavy atom. The molecule has 0 amide bonds. The Morgan fingerprint density at radius 1 is 1.12 bits per heavy atom. The van der Waals surface area contributed by atoms with Crippen LogP contribution in [0.1, 0.15) is 33.4 Å². The summed E-state index contributed by atoms with van der Waals surface area (Å²) < 4.78 is 50.0. The predicted octanol–water partition coefficient (Wildman–Crippen LogP) is 1.98. The van der Waals surface area contributed by atoms with Crippen LogP contribution in [0.15, 0.2) is 24.4 Å². The van der Waals surface area contributed by atoms with Crippen LogP contribution in [0.25, 0.3) is 11.4 Å². The molecule has 10 heteroatoms. The van der Waals surface area contributed by atoms with E-state index in [-0.39, 0.29) is 11.4 Å². The van der Waals surface area contributed by atoms with Crippen molar-refractivity contribution in [2.24, 2.45) is 0 Å². The first kappa shape index (κ1) is 17.7. The smallest absolute Gasteiger partial charge is 0.399 e. The second-order valence-electron chi connectivity index (χ2n) is 6.92. The number of hydrogen-bond acceptors (Lipinski definition) is 5. The van der Waals surface area contributed by atoms with E-state index in [4.69, 9.17) is 15.2 Å². The van der Waals surface area contributed by atoms with E-state index in [9.17, 15) is 13.2 Å². The van der Waals surface area contributed by atoms with Crippen LogP contribution < -0.4 is 11.3 Å². The lowest BCUT2D eigenvalue weighted by atomic mass is 9.80. The number of hydrogen-bond donors (Lipinski definition) is 1. The van der Waals surface area contributed by atoms with Gasteiger partial charge in [0, 0.05) is 17.7 Å². The molecule has 1 fully saturated rings. The molecular weight excluding hydrogens is 336 g/mol. The fraction of sp³-hybridized carbons (Fsp3) is 0.467. The molecule has 0 spiro atoms. The minimum atomic E-state index is -4.57. The monoisotopic (exact) mass is 354 g/mol. The second kappa shape index (κ2) is 5.47. The first-order valence-electron chi connectivity index (χ1n) is 7.65. The third-order valence-electron chi connectivity index (χ3n) is 4.60. The molecule has 0 radical (unpaired) electrons. The quantitative estimate of drug-likeness (QED) is 0.659. The predicted molar refractivity (Wildman–Crippen MR) is 86.3 cm³/mol. The molecule has 1 aliphatic rings. The molecule has 25 heavy (non-hydrogen) atoms. The van der Waals surface area contributed by atoms with Gasteiger partial charge in [0.2, 0.25) is 0 Å². The summed E-state index contributed by atoms with van der Waals surface area (Å²) in [6.45, 7) is 7.72. The first-order chi connectivity index (χ1) is 11.4. The van der Waals surface area contributed by atoms with Crippen LogP contribution in [0.2, 0.25) is 0 Å². The number of nitrogens with two attached hydrogens (primary N) is 1. The van der Waals surface area contributed by atoms with Crippen LogP contribution in [0.4, 0.5) is 13.2 Å². The van der Waals surface area contributed by atoms with Gasteiger partial charge >= 0.3 is 13.3 Å². The van der Waals surface area contributed by atoms with Gasteiger partial charge < -0.3 is 15.2 Å². The highest BCUT2D eigenvalue weighted by Crippen LogP contribution is 2.36. The lowest BCUT2D eigenvalue weighted by molar-refractivity contribution is -0.141. The summed E-state index contributed by atoms with van der Waals surface area (Å²) in [4.78, 5) is 4.84. The summed E-state index contributed by atoms with van der Waals surface area (Å²) in [5, 5.41) is 3.28. The Balaban J connectivity index is 1.86. The molecule has 1 saturated heterocycles. The van der Waals surface area contributed by atoms with Crippen molar-refractivity contribution in [2.75, 3.05) is 5.84 Å². The van der Waals surface area contributed by atoms with Gasteiger partial charge in [-0.1, -0.05) is 6.07 Å². The SMILES string of the molecule is CC1(C)OB(c2ccc(-c3cc(C(F)(F)F)nn3N)nc2)OC1(C)C. The number of aromatic nitrogens is 3. The third kappa shape index (κ3) is 3.11. The number of alkyl halides is 3. The van der Waals surface area contributed by atoms with Crippen LogP contribution in [-0.2, 0) is 15.5 Å². The van der Waals surface area contributed by atoms with E-state index in [1.807, 2.05) is 27.7 Å². The van der Waals surface area contributed by atoms with Crippen LogP contribution >= 0.6 is 0 Å². The van der Waals surface area contributed by atoms with Crippen molar-refractivity contribution in [2.45, 2.75) is 45.1 Å². The summed E-state index contributed by atoms with van der Waals surface area (Å²) in [5.41, 5.74) is -1.05. The Kier molecular flexibility index (Phi) is 3.88. The van der Waals surface area contributed by atoms with E-state index in [1.165, 1.54) is 6.20 Å². The van der Waals surface area contributed by atoms with E-state index >= 15 is 0 Å². The van der Waals surface area contributed by atoms with Crippen molar-refractivity contribution < 1.29 is 22.5 Å². The Bertz CT molecular complexity index is 771. The van der Waals surface area contributed by atoms with Gasteiger partial charge in [-0.15, -0.1) is 5.10 Å². The van der Waals surface area contributed by atoms with Crippen LogP contribution in [0.3, 0.4) is 0 Å². The number of pyridine rings is 1. The summed E-state index contributed by atoms with van der Waals surface area (Å²) >= 11 is 0. The summed E-state index contributed by atoms with van der Waals surface area (Å²) in [6.07, 6.45) is -3.07. The van der Waals surface area contributed by atoms with Gasteiger partial charge in [-0.05, 0) is 33.8 Å². The van der Waals surface area contributed by atoms with Crippen LogP contribution in [-0.4, -0.2) is 33.2 Å². The van der Waals surface area contributed by atoms with Crippen molar-refractivity contribution in [1.82, 2.24) is 14.9 Å². The Morgan fingerprint density at radius 3 is 2.16 bits per heavy atom. The lowest BCUT2D eigenvalue weighted by Crippen LogP contribution is -2.41. The van der Waals surface area contributed by atoms with E-state index in [0.29, 0.717) is 10.3 Å². The van der Waals surface area contributed by atoms with Gasteiger partial charge in [0.25, 0.3) is 0 Å². The van der Waals surface area contributed by atoms with Gasteiger partial charge in [0.15, 0.2) is 5.69 Å². The molecule has 0 aliphatic carbocycles. The number of nitrogen functional groups attached to an aromatic ring is 1. The number of rotatable bonds is 2. The van der Waals surface area contributed by atoms with E-state index in [1.54, 1.807) is 12.1 Å². The van der Waals surface area contributed by atoms with Gasteiger partial charge in [0.05, 0.1) is 16.9 Å². The fourth-order valence-corrected chi connectivity index (χ4v) is 2.40.